The lowest BCUT2D eigenvalue weighted by Gasteiger charge is -2.05. The van der Waals surface area contributed by atoms with E-state index in [1.54, 1.807) is 4.68 Å². The topological polar surface area (TPSA) is 52.0 Å². The summed E-state index contributed by atoms with van der Waals surface area (Å²) in [7, 11) is 1.86. The van der Waals surface area contributed by atoms with Crippen molar-refractivity contribution in [1.29, 1.82) is 0 Å². The monoisotopic (exact) mass is 230 g/mol. The maximum Gasteiger partial charge on any atom is 0.102 e. The molecule has 0 saturated heterocycles. The summed E-state index contributed by atoms with van der Waals surface area (Å²) in [6.45, 7) is 2.14. The fourth-order valence-electron chi connectivity index (χ4n) is 1.95. The van der Waals surface area contributed by atoms with Crippen LogP contribution in [0.2, 0.25) is 0 Å². The summed E-state index contributed by atoms with van der Waals surface area (Å²) in [6.07, 6.45) is 1.91. The molecule has 3 rings (SSSR count). The van der Waals surface area contributed by atoms with E-state index in [1.165, 1.54) is 11.1 Å². The van der Waals surface area contributed by atoms with Crippen LogP contribution in [-0.2, 0) is 31.5 Å². The van der Waals surface area contributed by atoms with Crippen LogP contribution < -0.4 is 5.32 Å². The van der Waals surface area contributed by atoms with E-state index in [1.807, 2.05) is 13.2 Å². The van der Waals surface area contributed by atoms with Gasteiger partial charge in [0.2, 0.25) is 0 Å². The van der Waals surface area contributed by atoms with Gasteiger partial charge in [-0.05, 0) is 23.3 Å². The number of hydrogen-bond acceptors (Lipinski definition) is 4. The number of fused-ring (bicyclic) bond motifs is 1. The first kappa shape index (κ1) is 10.3. The second kappa shape index (κ2) is 4.18. The molecule has 1 aliphatic rings. The Bertz CT molecular complexity index is 535. The quantitative estimate of drug-likeness (QED) is 0.867. The van der Waals surface area contributed by atoms with Crippen molar-refractivity contribution in [3.63, 3.8) is 0 Å². The highest BCUT2D eigenvalue weighted by atomic mass is 16.5. The summed E-state index contributed by atoms with van der Waals surface area (Å²) in [6, 6.07) is 6.32. The van der Waals surface area contributed by atoms with Crippen LogP contribution in [-0.4, -0.2) is 15.0 Å². The number of aromatic nitrogens is 3. The van der Waals surface area contributed by atoms with Crippen LogP contribution in [0.3, 0.4) is 0 Å². The highest BCUT2D eigenvalue weighted by Gasteiger charge is 2.11. The molecular weight excluding hydrogens is 216 g/mol. The number of rotatable bonds is 3. The molecule has 1 aromatic heterocycles. The third-order valence-electron chi connectivity index (χ3n) is 2.85. The van der Waals surface area contributed by atoms with Crippen LogP contribution in [0.1, 0.15) is 16.8 Å². The van der Waals surface area contributed by atoms with Crippen molar-refractivity contribution < 1.29 is 4.74 Å². The molecule has 0 bridgehead atoms. The van der Waals surface area contributed by atoms with Gasteiger partial charge in [-0.25, -0.2) is 0 Å². The van der Waals surface area contributed by atoms with Gasteiger partial charge in [-0.2, -0.15) is 0 Å². The number of nitrogens with one attached hydrogen (secondary N) is 1. The Morgan fingerprint density at radius 3 is 3.06 bits per heavy atom. The van der Waals surface area contributed by atoms with Crippen molar-refractivity contribution in [2.75, 3.05) is 5.32 Å². The standard InChI is InChI=1S/C12H14N4O/c1-16-6-12(14-15-16)5-13-11-3-2-9-7-17-8-10(9)4-11/h2-4,6,13H,5,7-8H2,1H3. The molecule has 2 heterocycles. The second-order valence-electron chi connectivity index (χ2n) is 4.21. The van der Waals surface area contributed by atoms with Gasteiger partial charge in [-0.3, -0.25) is 4.68 Å². The highest BCUT2D eigenvalue weighted by molar-refractivity contribution is 5.49. The molecule has 0 fully saturated rings. The zero-order valence-electron chi connectivity index (χ0n) is 9.68. The molecule has 0 saturated carbocycles. The first-order valence-electron chi connectivity index (χ1n) is 5.60. The average molecular weight is 230 g/mol. The normalized spacial score (nSPS) is 13.7. The van der Waals surface area contributed by atoms with E-state index >= 15 is 0 Å². The van der Waals surface area contributed by atoms with Gasteiger partial charge in [0.25, 0.3) is 0 Å². The third kappa shape index (κ3) is 2.14. The van der Waals surface area contributed by atoms with E-state index in [2.05, 4.69) is 33.8 Å². The Morgan fingerprint density at radius 1 is 1.35 bits per heavy atom. The van der Waals surface area contributed by atoms with Crippen LogP contribution in [0.5, 0.6) is 0 Å². The third-order valence-corrected chi connectivity index (χ3v) is 2.85. The fourth-order valence-corrected chi connectivity index (χ4v) is 1.95. The molecule has 0 atom stereocenters. The number of hydrogen-bond donors (Lipinski definition) is 1. The molecule has 2 aromatic rings. The number of ether oxygens (including phenoxy) is 1. The predicted octanol–water partition coefficient (Wildman–Crippen LogP) is 1.46. The van der Waals surface area contributed by atoms with Crippen LogP contribution in [0.15, 0.2) is 24.4 Å². The molecule has 17 heavy (non-hydrogen) atoms. The molecule has 1 aromatic carbocycles. The fraction of sp³-hybridized carbons (Fsp3) is 0.333. The van der Waals surface area contributed by atoms with Crippen LogP contribution in [0.4, 0.5) is 5.69 Å². The summed E-state index contributed by atoms with van der Waals surface area (Å²) in [5.41, 5.74) is 4.59. The Kier molecular flexibility index (Phi) is 2.53. The molecule has 5 nitrogen and oxygen atoms in total. The molecule has 5 heteroatoms. The van der Waals surface area contributed by atoms with Crippen molar-refractivity contribution in [3.05, 3.63) is 41.2 Å². The first-order valence-corrected chi connectivity index (χ1v) is 5.60. The molecule has 88 valence electrons. The van der Waals surface area contributed by atoms with E-state index < -0.39 is 0 Å². The van der Waals surface area contributed by atoms with Gasteiger partial charge >= 0.3 is 0 Å². The van der Waals surface area contributed by atoms with E-state index in [0.717, 1.165) is 24.6 Å². The molecule has 0 aliphatic carbocycles. The first-order chi connectivity index (χ1) is 8.31. The van der Waals surface area contributed by atoms with Gasteiger partial charge in [0, 0.05) is 18.9 Å². The molecule has 1 aliphatic heterocycles. The molecule has 0 spiro atoms. The smallest absolute Gasteiger partial charge is 0.102 e. The predicted molar refractivity (Wildman–Crippen MR) is 63.3 cm³/mol. The minimum absolute atomic E-state index is 0.688. The van der Waals surface area contributed by atoms with E-state index in [4.69, 9.17) is 4.74 Å². The molecule has 0 unspecified atom stereocenters. The largest absolute Gasteiger partial charge is 0.379 e. The van der Waals surface area contributed by atoms with E-state index in [0.29, 0.717) is 6.54 Å². The van der Waals surface area contributed by atoms with E-state index in [-0.39, 0.29) is 0 Å². The average Bonchev–Trinajstić information content (AvgIpc) is 2.94. The molecule has 1 N–H and O–H groups in total. The number of nitrogens with zero attached hydrogens (tertiary/aromatic N) is 3. The van der Waals surface area contributed by atoms with Crippen molar-refractivity contribution in [2.45, 2.75) is 19.8 Å². The zero-order chi connectivity index (χ0) is 11.7. The van der Waals surface area contributed by atoms with Crippen molar-refractivity contribution >= 4 is 5.69 Å². The van der Waals surface area contributed by atoms with Crippen molar-refractivity contribution in [1.82, 2.24) is 15.0 Å². The maximum atomic E-state index is 5.38. The lowest BCUT2D eigenvalue weighted by atomic mass is 10.1. The summed E-state index contributed by atoms with van der Waals surface area (Å²) in [5, 5.41) is 11.3. The Hall–Kier alpha value is -1.88. The number of benzene rings is 1. The van der Waals surface area contributed by atoms with Crippen molar-refractivity contribution in [2.24, 2.45) is 7.05 Å². The summed E-state index contributed by atoms with van der Waals surface area (Å²) in [5.74, 6) is 0. The van der Waals surface area contributed by atoms with Gasteiger partial charge in [-0.15, -0.1) is 5.10 Å². The summed E-state index contributed by atoms with van der Waals surface area (Å²) >= 11 is 0. The van der Waals surface area contributed by atoms with Gasteiger partial charge in [-0.1, -0.05) is 11.3 Å². The number of aryl methyl sites for hydroxylation is 1. The van der Waals surface area contributed by atoms with Crippen LogP contribution in [0, 0.1) is 0 Å². The lowest BCUT2D eigenvalue weighted by Crippen LogP contribution is -2.00. The van der Waals surface area contributed by atoms with Gasteiger partial charge in [0.1, 0.15) is 5.69 Å². The maximum absolute atomic E-state index is 5.38. The van der Waals surface area contributed by atoms with Crippen molar-refractivity contribution in [3.8, 4) is 0 Å². The summed E-state index contributed by atoms with van der Waals surface area (Å²) in [4.78, 5) is 0. The molecule has 0 radical (unpaired) electrons. The van der Waals surface area contributed by atoms with Gasteiger partial charge in [0.15, 0.2) is 0 Å². The minimum atomic E-state index is 0.688. The highest BCUT2D eigenvalue weighted by Crippen LogP contribution is 2.23. The van der Waals surface area contributed by atoms with Crippen LogP contribution >= 0.6 is 0 Å². The zero-order valence-corrected chi connectivity index (χ0v) is 9.68. The summed E-state index contributed by atoms with van der Waals surface area (Å²) < 4.78 is 7.08. The van der Waals surface area contributed by atoms with Gasteiger partial charge < -0.3 is 10.1 Å². The molecular formula is C12H14N4O. The van der Waals surface area contributed by atoms with Gasteiger partial charge in [0.05, 0.1) is 19.8 Å². The minimum Gasteiger partial charge on any atom is -0.379 e. The van der Waals surface area contributed by atoms with E-state index in [9.17, 15) is 0 Å². The SMILES string of the molecule is Cn1cc(CNc2ccc3c(c2)COC3)nn1. The Balaban J connectivity index is 1.69. The Morgan fingerprint density at radius 2 is 2.24 bits per heavy atom. The lowest BCUT2D eigenvalue weighted by molar-refractivity contribution is 0.134. The van der Waals surface area contributed by atoms with Crippen LogP contribution in [0.25, 0.3) is 0 Å². The molecule has 0 amide bonds. The Labute approximate surface area is 99.4 Å². The second-order valence-corrected chi connectivity index (χ2v) is 4.21. The number of anilines is 1.